The Kier molecular flexibility index (Phi) is 6.25. The molecule has 256 valence electrons. The molecule has 9 aromatic rings. The summed E-state index contributed by atoms with van der Waals surface area (Å²) in [7, 11) is 0. The van der Waals surface area contributed by atoms with Crippen molar-refractivity contribution in [3.63, 3.8) is 0 Å². The third kappa shape index (κ3) is 3.97. The van der Waals surface area contributed by atoms with E-state index in [9.17, 15) is 0 Å². The molecule has 0 saturated heterocycles. The van der Waals surface area contributed by atoms with E-state index in [-0.39, 0.29) is 0 Å². The number of fused-ring (bicyclic) bond motifs is 13. The van der Waals surface area contributed by atoms with Crippen molar-refractivity contribution in [2.45, 2.75) is 10.8 Å². The van der Waals surface area contributed by atoms with Gasteiger partial charge in [0.15, 0.2) is 0 Å². The van der Waals surface area contributed by atoms with Crippen LogP contribution in [-0.2, 0) is 10.8 Å². The SMILES string of the molecule is c1ccc(C2(c3ccccc3)c3ccccc3Oc3cc(-c4ccc5c(c4)-c4ccccc4C54c5ccccc5-c5cc6ccccc6cc54)ccc32)cc1. The lowest BCUT2D eigenvalue weighted by molar-refractivity contribution is 0.435. The summed E-state index contributed by atoms with van der Waals surface area (Å²) < 4.78 is 6.88. The molecule has 3 aliphatic rings. The first-order chi connectivity index (χ1) is 27.3. The Hall–Kier alpha value is -6.96. The van der Waals surface area contributed by atoms with Gasteiger partial charge in [0.1, 0.15) is 11.5 Å². The van der Waals surface area contributed by atoms with Crippen molar-refractivity contribution in [1.29, 1.82) is 0 Å². The molecule has 0 N–H and O–H groups in total. The summed E-state index contributed by atoms with van der Waals surface area (Å²) in [6, 6.07) is 76.1. The largest absolute Gasteiger partial charge is 0.457 e. The summed E-state index contributed by atoms with van der Waals surface area (Å²) in [5.74, 6) is 1.77. The first kappa shape index (κ1) is 30.5. The minimum absolute atomic E-state index is 0.395. The van der Waals surface area contributed by atoms with Crippen LogP contribution in [0.1, 0.15) is 44.5 Å². The highest BCUT2D eigenvalue weighted by atomic mass is 16.5. The van der Waals surface area contributed by atoms with E-state index in [1.54, 1.807) is 0 Å². The monoisotopic (exact) mass is 698 g/mol. The summed E-state index contributed by atoms with van der Waals surface area (Å²) in [5.41, 5.74) is 16.8. The number of ether oxygens (including phenoxy) is 1. The highest BCUT2D eigenvalue weighted by Crippen LogP contribution is 2.64. The molecule has 2 aliphatic carbocycles. The van der Waals surface area contributed by atoms with Gasteiger partial charge in [-0.3, -0.25) is 0 Å². The minimum atomic E-state index is -0.540. The second kappa shape index (κ2) is 11.3. The molecular formula is C54H34O. The third-order valence-corrected chi connectivity index (χ3v) is 12.6. The molecule has 1 aliphatic heterocycles. The van der Waals surface area contributed by atoms with E-state index in [2.05, 4.69) is 206 Å². The number of rotatable bonds is 3. The zero-order chi connectivity index (χ0) is 36.1. The van der Waals surface area contributed by atoms with Gasteiger partial charge in [-0.15, -0.1) is 0 Å². The fourth-order valence-corrected chi connectivity index (χ4v) is 10.4. The first-order valence-electron chi connectivity index (χ1n) is 19.2. The topological polar surface area (TPSA) is 9.23 Å². The molecule has 0 radical (unpaired) electrons. The maximum Gasteiger partial charge on any atom is 0.132 e. The van der Waals surface area contributed by atoms with Crippen molar-refractivity contribution >= 4 is 10.8 Å². The summed E-state index contributed by atoms with van der Waals surface area (Å²) in [6.07, 6.45) is 0. The van der Waals surface area contributed by atoms with Gasteiger partial charge < -0.3 is 4.74 Å². The lowest BCUT2D eigenvalue weighted by Gasteiger charge is -2.41. The van der Waals surface area contributed by atoms with Gasteiger partial charge in [0.05, 0.1) is 10.8 Å². The van der Waals surface area contributed by atoms with Gasteiger partial charge in [0.25, 0.3) is 0 Å². The molecule has 0 amide bonds. The van der Waals surface area contributed by atoms with Gasteiger partial charge in [0.2, 0.25) is 0 Å². The van der Waals surface area contributed by atoms with Crippen molar-refractivity contribution in [1.82, 2.24) is 0 Å². The Bertz CT molecular complexity index is 2970. The van der Waals surface area contributed by atoms with Crippen LogP contribution < -0.4 is 4.74 Å². The van der Waals surface area contributed by atoms with E-state index in [4.69, 9.17) is 4.74 Å². The standard InChI is InChI=1S/C54H34O/c1-3-17-39(18-4-1)53(40-19-5-2-6-20-40)48-25-13-14-26-51(48)55-52-34-38(28-30-49(52)53)37-27-29-47-43(32-37)41-21-9-11-23-45(41)54(47)46-24-12-10-22-42(46)44-31-35-15-7-8-16-36(35)33-50(44)54/h1-34H. The minimum Gasteiger partial charge on any atom is -0.457 e. The Labute approximate surface area is 320 Å². The van der Waals surface area contributed by atoms with Gasteiger partial charge in [-0.05, 0) is 108 Å². The average Bonchev–Trinajstić information content (AvgIpc) is 3.71. The van der Waals surface area contributed by atoms with E-state index in [1.165, 1.54) is 72.0 Å². The van der Waals surface area contributed by atoms with Crippen LogP contribution in [-0.4, -0.2) is 0 Å². The molecule has 0 saturated carbocycles. The fraction of sp³-hybridized carbons (Fsp3) is 0.0370. The van der Waals surface area contributed by atoms with Gasteiger partial charge in [0, 0.05) is 11.1 Å². The number of hydrogen-bond donors (Lipinski definition) is 0. The van der Waals surface area contributed by atoms with Crippen LogP contribution >= 0.6 is 0 Å². The number of benzene rings is 9. The van der Waals surface area contributed by atoms with Gasteiger partial charge in [-0.25, -0.2) is 0 Å². The van der Waals surface area contributed by atoms with Crippen LogP contribution in [0.25, 0.3) is 44.2 Å². The Morgan fingerprint density at radius 2 is 0.745 bits per heavy atom. The van der Waals surface area contributed by atoms with Crippen molar-refractivity contribution in [2.24, 2.45) is 0 Å². The van der Waals surface area contributed by atoms with E-state index in [0.29, 0.717) is 0 Å². The molecule has 1 heteroatoms. The second-order valence-electron chi connectivity index (χ2n) is 15.1. The molecule has 1 unspecified atom stereocenters. The lowest BCUT2D eigenvalue weighted by Crippen LogP contribution is -2.34. The highest BCUT2D eigenvalue weighted by Gasteiger charge is 2.52. The zero-order valence-corrected chi connectivity index (χ0v) is 30.0. The molecule has 1 heterocycles. The Morgan fingerprint density at radius 3 is 1.42 bits per heavy atom. The Balaban J connectivity index is 1.07. The molecule has 1 spiro atoms. The average molecular weight is 699 g/mol. The predicted molar refractivity (Wildman–Crippen MR) is 224 cm³/mol. The van der Waals surface area contributed by atoms with E-state index >= 15 is 0 Å². The van der Waals surface area contributed by atoms with E-state index in [1.807, 2.05) is 0 Å². The van der Waals surface area contributed by atoms with Crippen molar-refractivity contribution < 1.29 is 4.74 Å². The summed E-state index contributed by atoms with van der Waals surface area (Å²) in [5, 5.41) is 2.55. The molecule has 12 rings (SSSR count). The molecule has 0 aromatic heterocycles. The summed E-state index contributed by atoms with van der Waals surface area (Å²) >= 11 is 0. The Morgan fingerprint density at radius 1 is 0.273 bits per heavy atom. The fourth-order valence-electron chi connectivity index (χ4n) is 10.4. The van der Waals surface area contributed by atoms with Crippen LogP contribution in [0.2, 0.25) is 0 Å². The zero-order valence-electron chi connectivity index (χ0n) is 30.0. The molecule has 0 bridgehead atoms. The summed E-state index contributed by atoms with van der Waals surface area (Å²) in [6.45, 7) is 0. The molecule has 1 nitrogen and oxygen atoms in total. The van der Waals surface area contributed by atoms with Crippen LogP contribution in [0.4, 0.5) is 0 Å². The molecule has 1 atom stereocenters. The van der Waals surface area contributed by atoms with E-state index in [0.717, 1.165) is 28.2 Å². The quantitative estimate of drug-likeness (QED) is 0.178. The number of hydrogen-bond acceptors (Lipinski definition) is 1. The maximum atomic E-state index is 6.88. The van der Waals surface area contributed by atoms with Crippen LogP contribution in [0, 0.1) is 0 Å². The molecule has 55 heavy (non-hydrogen) atoms. The molecular weight excluding hydrogens is 665 g/mol. The number of para-hydroxylation sites is 1. The van der Waals surface area contributed by atoms with Gasteiger partial charge in [-0.2, -0.15) is 0 Å². The smallest absolute Gasteiger partial charge is 0.132 e. The second-order valence-corrected chi connectivity index (χ2v) is 15.1. The predicted octanol–water partition coefficient (Wildman–Crippen LogP) is 13.3. The van der Waals surface area contributed by atoms with Gasteiger partial charge in [-0.1, -0.05) is 176 Å². The van der Waals surface area contributed by atoms with Gasteiger partial charge >= 0.3 is 0 Å². The van der Waals surface area contributed by atoms with Crippen molar-refractivity contribution in [2.75, 3.05) is 0 Å². The molecule has 0 fully saturated rings. The van der Waals surface area contributed by atoms with Crippen LogP contribution in [0.5, 0.6) is 11.5 Å². The maximum absolute atomic E-state index is 6.88. The van der Waals surface area contributed by atoms with Crippen LogP contribution in [0.15, 0.2) is 206 Å². The van der Waals surface area contributed by atoms with Crippen LogP contribution in [0.3, 0.4) is 0 Å². The lowest BCUT2D eigenvalue weighted by atomic mass is 9.63. The van der Waals surface area contributed by atoms with Crippen molar-refractivity contribution in [3.8, 4) is 44.9 Å². The first-order valence-corrected chi connectivity index (χ1v) is 19.2. The third-order valence-electron chi connectivity index (χ3n) is 12.6. The van der Waals surface area contributed by atoms with E-state index < -0.39 is 10.8 Å². The van der Waals surface area contributed by atoms with Crippen molar-refractivity contribution in [3.05, 3.63) is 251 Å². The molecule has 9 aromatic carbocycles. The normalized spacial score (nSPS) is 16.4. The summed E-state index contributed by atoms with van der Waals surface area (Å²) in [4.78, 5) is 0. The highest BCUT2D eigenvalue weighted by molar-refractivity contribution is 6.00.